The first-order valence-electron chi connectivity index (χ1n) is 7.02. The van der Waals surface area contributed by atoms with Gasteiger partial charge in [-0.25, -0.2) is 8.78 Å². The molecule has 1 heterocycles. The monoisotopic (exact) mass is 280 g/mol. The summed E-state index contributed by atoms with van der Waals surface area (Å²) in [5.41, 5.74) is 0.126. The Morgan fingerprint density at radius 3 is 2.20 bits per heavy atom. The molecule has 0 radical (unpaired) electrons. The summed E-state index contributed by atoms with van der Waals surface area (Å²) in [6.45, 7) is 8.06. The van der Waals surface area contributed by atoms with Gasteiger partial charge in [-0.2, -0.15) is 0 Å². The smallest absolute Gasteiger partial charge is 0.403 e. The average Bonchev–Trinajstić information content (AvgIpc) is 3.07. The summed E-state index contributed by atoms with van der Waals surface area (Å²) in [5, 5.41) is 0. The Labute approximate surface area is 118 Å². The van der Waals surface area contributed by atoms with Crippen molar-refractivity contribution in [1.82, 2.24) is 0 Å². The average molecular weight is 280 g/mol. The van der Waals surface area contributed by atoms with Crippen molar-refractivity contribution in [3.63, 3.8) is 0 Å². The van der Waals surface area contributed by atoms with Crippen LogP contribution in [0.5, 0.6) is 0 Å². The minimum absolute atomic E-state index is 0.194. The molecule has 1 aromatic carbocycles. The van der Waals surface area contributed by atoms with E-state index in [0.717, 1.165) is 12.0 Å². The van der Waals surface area contributed by atoms with Crippen LogP contribution in [0.1, 0.15) is 45.6 Å². The first-order valence-corrected chi connectivity index (χ1v) is 7.02. The molecule has 1 aromatic rings. The van der Waals surface area contributed by atoms with Gasteiger partial charge < -0.3 is 9.31 Å². The zero-order valence-corrected chi connectivity index (χ0v) is 12.2. The fraction of sp³-hybridized carbons (Fsp3) is 0.600. The van der Waals surface area contributed by atoms with Crippen LogP contribution >= 0.6 is 0 Å². The van der Waals surface area contributed by atoms with Gasteiger partial charge in [-0.05, 0) is 57.7 Å². The normalized spacial score (nSPS) is 30.6. The molecule has 3 rings (SSSR count). The van der Waals surface area contributed by atoms with Gasteiger partial charge in [-0.15, -0.1) is 0 Å². The molecule has 0 spiro atoms. The van der Waals surface area contributed by atoms with Gasteiger partial charge in [0.1, 0.15) is 0 Å². The first-order chi connectivity index (χ1) is 9.21. The van der Waals surface area contributed by atoms with Gasteiger partial charge in [0.15, 0.2) is 11.6 Å². The number of rotatable bonds is 2. The van der Waals surface area contributed by atoms with Gasteiger partial charge in [0.05, 0.1) is 11.2 Å². The highest BCUT2D eigenvalue weighted by molar-refractivity contribution is 6.49. The first kappa shape index (κ1) is 14.0. The molecule has 1 aliphatic carbocycles. The quantitative estimate of drug-likeness (QED) is 0.764. The van der Waals surface area contributed by atoms with E-state index in [1.807, 2.05) is 27.7 Å². The minimum atomic E-state index is -0.804. The van der Waals surface area contributed by atoms with Crippen molar-refractivity contribution < 1.29 is 18.1 Å². The lowest BCUT2D eigenvalue weighted by molar-refractivity contribution is 0.00578. The maximum Gasteiger partial charge on any atom is 0.461 e. The second-order valence-corrected chi connectivity index (χ2v) is 6.80. The molecule has 2 aliphatic rings. The molecule has 1 saturated carbocycles. The topological polar surface area (TPSA) is 18.5 Å². The molecule has 0 aromatic heterocycles. The van der Waals surface area contributed by atoms with Crippen LogP contribution in [0.2, 0.25) is 5.82 Å². The van der Waals surface area contributed by atoms with E-state index in [4.69, 9.17) is 9.31 Å². The molecule has 2 nitrogen and oxygen atoms in total. The Kier molecular flexibility index (Phi) is 3.00. The standard InChI is InChI=1S/C15H19BF2O2/c1-14(2)15(3,4)20-16(19-14)11-8-10(11)9-5-6-12(17)13(18)7-9/h5-7,10-11H,8H2,1-4H3. The summed E-state index contributed by atoms with van der Waals surface area (Å²) < 4.78 is 38.2. The molecule has 1 saturated heterocycles. The molecular weight excluding hydrogens is 261 g/mol. The van der Waals surface area contributed by atoms with E-state index in [9.17, 15) is 8.78 Å². The Morgan fingerprint density at radius 2 is 1.65 bits per heavy atom. The van der Waals surface area contributed by atoms with Crippen molar-refractivity contribution >= 4 is 7.12 Å². The third-order valence-electron chi connectivity index (χ3n) is 4.83. The van der Waals surface area contributed by atoms with Gasteiger partial charge >= 0.3 is 7.12 Å². The Morgan fingerprint density at radius 1 is 1.05 bits per heavy atom. The fourth-order valence-corrected chi connectivity index (χ4v) is 2.71. The van der Waals surface area contributed by atoms with Gasteiger partial charge in [-0.3, -0.25) is 0 Å². The van der Waals surface area contributed by atoms with Crippen LogP contribution in [0.4, 0.5) is 8.78 Å². The van der Waals surface area contributed by atoms with Crippen LogP contribution in [-0.2, 0) is 9.31 Å². The Bertz CT molecular complexity index is 529. The number of hydrogen-bond donors (Lipinski definition) is 0. The van der Waals surface area contributed by atoms with Crippen molar-refractivity contribution in [3.05, 3.63) is 35.4 Å². The summed E-state index contributed by atoms with van der Waals surface area (Å²) in [5.74, 6) is -1.18. The lowest BCUT2D eigenvalue weighted by Gasteiger charge is -2.32. The van der Waals surface area contributed by atoms with Crippen LogP contribution in [0.15, 0.2) is 18.2 Å². The number of halogens is 2. The van der Waals surface area contributed by atoms with Crippen molar-refractivity contribution in [2.75, 3.05) is 0 Å². The highest BCUT2D eigenvalue weighted by Gasteiger charge is 2.59. The highest BCUT2D eigenvalue weighted by atomic mass is 19.2. The molecule has 2 unspecified atom stereocenters. The van der Waals surface area contributed by atoms with E-state index in [0.29, 0.717) is 0 Å². The Balaban J connectivity index is 1.72. The molecule has 0 bridgehead atoms. The lowest BCUT2D eigenvalue weighted by atomic mass is 9.79. The molecule has 0 amide bonds. The second kappa shape index (κ2) is 4.28. The van der Waals surface area contributed by atoms with E-state index < -0.39 is 11.6 Å². The van der Waals surface area contributed by atoms with E-state index >= 15 is 0 Å². The van der Waals surface area contributed by atoms with E-state index in [2.05, 4.69) is 0 Å². The van der Waals surface area contributed by atoms with Gasteiger partial charge in [0.2, 0.25) is 0 Å². The maximum atomic E-state index is 13.3. The predicted octanol–water partition coefficient (Wildman–Crippen LogP) is 3.91. The SMILES string of the molecule is CC1(C)OB(C2CC2c2ccc(F)c(F)c2)OC1(C)C. The van der Waals surface area contributed by atoms with E-state index in [1.54, 1.807) is 6.07 Å². The fourth-order valence-electron chi connectivity index (χ4n) is 2.71. The minimum Gasteiger partial charge on any atom is -0.403 e. The van der Waals surface area contributed by atoms with Gasteiger partial charge in [-0.1, -0.05) is 6.07 Å². The highest BCUT2D eigenvalue weighted by Crippen LogP contribution is 2.58. The van der Waals surface area contributed by atoms with Crippen molar-refractivity contribution in [1.29, 1.82) is 0 Å². The molecule has 20 heavy (non-hydrogen) atoms. The largest absolute Gasteiger partial charge is 0.461 e. The summed E-state index contributed by atoms with van der Waals surface area (Å²) in [7, 11) is -0.266. The Hall–Kier alpha value is -0.935. The maximum absolute atomic E-state index is 13.3. The third-order valence-corrected chi connectivity index (χ3v) is 4.83. The van der Waals surface area contributed by atoms with Crippen molar-refractivity contribution in [2.45, 2.75) is 57.1 Å². The van der Waals surface area contributed by atoms with Crippen LogP contribution < -0.4 is 0 Å². The second-order valence-electron chi connectivity index (χ2n) is 6.80. The van der Waals surface area contributed by atoms with Crippen LogP contribution in [-0.4, -0.2) is 18.3 Å². The molecule has 2 atom stereocenters. The summed E-state index contributed by atoms with van der Waals surface area (Å²) >= 11 is 0. The zero-order chi connectivity index (χ0) is 14.7. The summed E-state index contributed by atoms with van der Waals surface area (Å²) in [4.78, 5) is 0. The lowest BCUT2D eigenvalue weighted by Crippen LogP contribution is -2.41. The molecule has 108 valence electrons. The predicted molar refractivity (Wildman–Crippen MR) is 73.5 cm³/mol. The van der Waals surface area contributed by atoms with Crippen LogP contribution in [0, 0.1) is 11.6 Å². The van der Waals surface area contributed by atoms with Gasteiger partial charge in [0.25, 0.3) is 0 Å². The van der Waals surface area contributed by atoms with Crippen LogP contribution in [0.3, 0.4) is 0 Å². The third kappa shape index (κ3) is 2.17. The molecule has 2 fully saturated rings. The zero-order valence-electron chi connectivity index (χ0n) is 12.2. The van der Waals surface area contributed by atoms with E-state index in [-0.39, 0.29) is 30.1 Å². The van der Waals surface area contributed by atoms with Crippen LogP contribution in [0.25, 0.3) is 0 Å². The number of benzene rings is 1. The molecule has 1 aliphatic heterocycles. The summed E-state index contributed by atoms with van der Waals surface area (Å²) in [6, 6.07) is 4.11. The van der Waals surface area contributed by atoms with Crippen molar-refractivity contribution in [2.24, 2.45) is 0 Å². The van der Waals surface area contributed by atoms with Gasteiger partial charge in [0, 0.05) is 5.82 Å². The van der Waals surface area contributed by atoms with E-state index in [1.165, 1.54) is 12.1 Å². The summed E-state index contributed by atoms with van der Waals surface area (Å²) in [6.07, 6.45) is 0.891. The molecule has 0 N–H and O–H groups in total. The van der Waals surface area contributed by atoms with Crippen molar-refractivity contribution in [3.8, 4) is 0 Å². The molecular formula is C15H19BF2O2. The molecule has 5 heteroatoms. The number of hydrogen-bond acceptors (Lipinski definition) is 2.